The molecule has 1 aliphatic carbocycles. The lowest BCUT2D eigenvalue weighted by Gasteiger charge is -2.14. The second kappa shape index (κ2) is 7.36. The minimum absolute atomic E-state index is 1.00. The number of hydrogen-bond donors (Lipinski definition) is 0. The summed E-state index contributed by atoms with van der Waals surface area (Å²) in [6, 6.07) is 30.4. The summed E-state index contributed by atoms with van der Waals surface area (Å²) in [5.74, 6) is 0. The molecule has 2 nitrogen and oxygen atoms in total. The van der Waals surface area contributed by atoms with Crippen molar-refractivity contribution in [3.63, 3.8) is 0 Å². The third kappa shape index (κ3) is 2.93. The molecule has 156 valence electrons. The molecule has 0 saturated carbocycles. The lowest BCUT2D eigenvalue weighted by Crippen LogP contribution is -2.03. The Kier molecular flexibility index (Phi) is 4.18. The van der Waals surface area contributed by atoms with E-state index in [4.69, 9.17) is 4.98 Å². The van der Waals surface area contributed by atoms with E-state index in [1.165, 1.54) is 59.2 Å². The smallest absolute Gasteiger partial charge is 0.0880 e. The number of fused-ring (bicyclic) bond motifs is 6. The van der Waals surface area contributed by atoms with Crippen molar-refractivity contribution in [3.05, 3.63) is 109 Å². The van der Waals surface area contributed by atoms with Gasteiger partial charge in [0.15, 0.2) is 0 Å². The Hall–Kier alpha value is -3.82. The number of aryl methyl sites for hydroxylation is 2. The largest absolute Gasteiger partial charge is 0.261 e. The van der Waals surface area contributed by atoms with Gasteiger partial charge in [0.05, 0.1) is 10.4 Å². The zero-order valence-electron chi connectivity index (χ0n) is 18.0. The fraction of sp³-hybridized carbons (Fsp3) is 0.0667. The molecular formula is C30H20N2S. The normalized spacial score (nSPS) is 12.6. The van der Waals surface area contributed by atoms with Gasteiger partial charge in [0.25, 0.3) is 0 Å². The Morgan fingerprint density at radius 1 is 0.636 bits per heavy atom. The van der Waals surface area contributed by atoms with E-state index in [1.54, 1.807) is 0 Å². The summed E-state index contributed by atoms with van der Waals surface area (Å²) >= 11 is 1.87. The molecule has 3 aromatic carbocycles. The van der Waals surface area contributed by atoms with Crippen molar-refractivity contribution in [1.82, 2.24) is 9.97 Å². The average molecular weight is 441 g/mol. The van der Waals surface area contributed by atoms with Crippen LogP contribution in [0.5, 0.6) is 0 Å². The monoisotopic (exact) mass is 440 g/mol. The quantitative estimate of drug-likeness (QED) is 0.273. The lowest BCUT2D eigenvalue weighted by molar-refractivity contribution is 0.908. The van der Waals surface area contributed by atoms with Crippen LogP contribution in [-0.4, -0.2) is 9.97 Å². The highest BCUT2D eigenvalue weighted by molar-refractivity contribution is 7.23. The molecule has 3 aromatic heterocycles. The van der Waals surface area contributed by atoms with Crippen LogP contribution in [0.2, 0.25) is 0 Å². The average Bonchev–Trinajstić information content (AvgIpc) is 3.28. The molecule has 33 heavy (non-hydrogen) atoms. The fourth-order valence-corrected chi connectivity index (χ4v) is 6.54. The number of benzene rings is 3. The maximum absolute atomic E-state index is 4.91. The van der Waals surface area contributed by atoms with Crippen molar-refractivity contribution in [2.24, 2.45) is 0 Å². The van der Waals surface area contributed by atoms with Crippen molar-refractivity contribution < 1.29 is 0 Å². The van der Waals surface area contributed by atoms with E-state index >= 15 is 0 Å². The summed E-state index contributed by atoms with van der Waals surface area (Å²) in [4.78, 5) is 10.9. The molecule has 6 aromatic rings. The van der Waals surface area contributed by atoms with Crippen LogP contribution in [0.15, 0.2) is 97.3 Å². The molecule has 3 heterocycles. The van der Waals surface area contributed by atoms with Gasteiger partial charge in [0.2, 0.25) is 0 Å². The van der Waals surface area contributed by atoms with Gasteiger partial charge in [-0.2, -0.15) is 0 Å². The Morgan fingerprint density at radius 3 is 2.45 bits per heavy atom. The van der Waals surface area contributed by atoms with Gasteiger partial charge in [-0.05, 0) is 64.6 Å². The molecule has 7 rings (SSSR count). The van der Waals surface area contributed by atoms with Gasteiger partial charge in [-0.25, -0.2) is 0 Å². The van der Waals surface area contributed by atoms with Gasteiger partial charge in [0.1, 0.15) is 0 Å². The zero-order valence-corrected chi connectivity index (χ0v) is 18.8. The van der Waals surface area contributed by atoms with Crippen molar-refractivity contribution in [3.8, 4) is 32.8 Å². The first-order valence-corrected chi connectivity index (χ1v) is 12.1. The molecule has 0 amide bonds. The number of pyridine rings is 2. The third-order valence-corrected chi connectivity index (χ3v) is 7.96. The molecule has 0 saturated heterocycles. The van der Waals surface area contributed by atoms with Gasteiger partial charge in [-0.1, -0.05) is 60.7 Å². The summed E-state index contributed by atoms with van der Waals surface area (Å²) in [7, 11) is 0. The van der Waals surface area contributed by atoms with E-state index in [0.717, 1.165) is 18.5 Å². The maximum Gasteiger partial charge on any atom is 0.0880 e. The second-order valence-electron chi connectivity index (χ2n) is 8.55. The minimum atomic E-state index is 1.00. The number of hydrogen-bond acceptors (Lipinski definition) is 3. The summed E-state index contributed by atoms with van der Waals surface area (Å²) in [5, 5.41) is 3.84. The van der Waals surface area contributed by atoms with Gasteiger partial charge >= 0.3 is 0 Å². The Balaban J connectivity index is 1.50. The summed E-state index contributed by atoms with van der Waals surface area (Å²) in [5.41, 5.74) is 8.66. The first kappa shape index (κ1) is 18.7. The van der Waals surface area contributed by atoms with Crippen LogP contribution in [0.3, 0.4) is 0 Å². The van der Waals surface area contributed by atoms with Crippen LogP contribution < -0.4 is 0 Å². The van der Waals surface area contributed by atoms with Crippen LogP contribution in [0.25, 0.3) is 53.7 Å². The van der Waals surface area contributed by atoms with Crippen LogP contribution in [-0.2, 0) is 12.8 Å². The van der Waals surface area contributed by atoms with Crippen molar-refractivity contribution >= 4 is 32.2 Å². The SMILES string of the molecule is c1ccc(-c2cc(-c3nccc4c5c(sc34)-c3cccnc3CC5)cc3ccccc23)cc1. The number of aromatic nitrogens is 2. The maximum atomic E-state index is 4.91. The standard InChI is InChI=1S/C30H20N2S/c1-2-7-19(8-3-1)26-18-21(17-20-9-4-5-10-22(20)26)28-30-24(14-16-32-28)23-12-13-27-25(29(23)33-30)11-6-15-31-27/h1-11,14-18H,12-13H2. The Morgan fingerprint density at radius 2 is 1.52 bits per heavy atom. The molecule has 3 heteroatoms. The number of nitrogens with zero attached hydrogens (tertiary/aromatic N) is 2. The molecule has 0 bridgehead atoms. The summed E-state index contributed by atoms with van der Waals surface area (Å²) in [6.45, 7) is 0. The number of rotatable bonds is 2. The van der Waals surface area contributed by atoms with E-state index in [9.17, 15) is 0 Å². The van der Waals surface area contributed by atoms with Gasteiger partial charge in [-0.3, -0.25) is 9.97 Å². The van der Waals surface area contributed by atoms with Gasteiger partial charge in [0, 0.05) is 39.5 Å². The van der Waals surface area contributed by atoms with E-state index in [2.05, 4.69) is 83.8 Å². The molecule has 0 aliphatic heterocycles. The Bertz CT molecular complexity index is 1660. The van der Waals surface area contributed by atoms with Crippen LogP contribution in [0.4, 0.5) is 0 Å². The van der Waals surface area contributed by atoms with Gasteiger partial charge < -0.3 is 0 Å². The molecule has 0 radical (unpaired) electrons. The number of thiophene rings is 1. The fourth-order valence-electron chi connectivity index (χ4n) is 5.14. The summed E-state index contributed by atoms with van der Waals surface area (Å²) in [6.07, 6.45) is 5.92. The van der Waals surface area contributed by atoms with Crippen LogP contribution >= 0.6 is 11.3 Å². The van der Waals surface area contributed by atoms with Crippen molar-refractivity contribution in [1.29, 1.82) is 0 Å². The molecule has 1 aliphatic rings. The zero-order chi connectivity index (χ0) is 21.8. The third-order valence-electron chi connectivity index (χ3n) is 6.67. The van der Waals surface area contributed by atoms with E-state index in [0.29, 0.717) is 0 Å². The van der Waals surface area contributed by atoms with Crippen LogP contribution in [0.1, 0.15) is 11.3 Å². The highest BCUT2D eigenvalue weighted by Crippen LogP contribution is 2.46. The molecule has 0 spiro atoms. The molecule has 0 fully saturated rings. The highest BCUT2D eigenvalue weighted by Gasteiger charge is 2.23. The van der Waals surface area contributed by atoms with E-state index < -0.39 is 0 Å². The lowest BCUT2D eigenvalue weighted by atomic mass is 9.92. The molecule has 0 unspecified atom stereocenters. The van der Waals surface area contributed by atoms with Crippen LogP contribution in [0, 0.1) is 0 Å². The summed E-state index contributed by atoms with van der Waals surface area (Å²) < 4.78 is 1.27. The predicted octanol–water partition coefficient (Wildman–Crippen LogP) is 7.94. The second-order valence-corrected chi connectivity index (χ2v) is 9.58. The van der Waals surface area contributed by atoms with Crippen molar-refractivity contribution in [2.75, 3.05) is 0 Å². The van der Waals surface area contributed by atoms with Crippen molar-refractivity contribution in [2.45, 2.75) is 12.8 Å². The van der Waals surface area contributed by atoms with Gasteiger partial charge in [-0.15, -0.1) is 11.3 Å². The Labute approximate surface area is 196 Å². The first-order valence-electron chi connectivity index (χ1n) is 11.3. The predicted molar refractivity (Wildman–Crippen MR) is 139 cm³/mol. The topological polar surface area (TPSA) is 25.8 Å². The van der Waals surface area contributed by atoms with E-state index in [-0.39, 0.29) is 0 Å². The van der Waals surface area contributed by atoms with E-state index in [1.807, 2.05) is 29.8 Å². The minimum Gasteiger partial charge on any atom is -0.261 e. The molecule has 0 N–H and O–H groups in total. The highest BCUT2D eigenvalue weighted by atomic mass is 32.1. The molecule has 0 atom stereocenters. The first-order chi connectivity index (χ1) is 16.4. The molecular weight excluding hydrogens is 420 g/mol.